The fourth-order valence-corrected chi connectivity index (χ4v) is 3.14. The zero-order valence-electron chi connectivity index (χ0n) is 12.3. The fraction of sp³-hybridized carbons (Fsp3) is 0.933. The molecule has 1 atom stereocenters. The van der Waals surface area contributed by atoms with Gasteiger partial charge in [-0.25, -0.2) is 0 Å². The Labute approximate surface area is 107 Å². The van der Waals surface area contributed by atoms with Crippen molar-refractivity contribution in [2.45, 2.75) is 60.3 Å². The molecule has 1 rings (SSSR count). The molecule has 100 valence electrons. The first-order chi connectivity index (χ1) is 7.84. The van der Waals surface area contributed by atoms with Crippen LogP contribution in [0.25, 0.3) is 0 Å². The Morgan fingerprint density at radius 2 is 1.47 bits per heavy atom. The average molecular weight is 239 g/mol. The number of nitrogens with zero attached hydrogens (tertiary/aromatic N) is 1. The quantitative estimate of drug-likeness (QED) is 0.719. The summed E-state index contributed by atoms with van der Waals surface area (Å²) in [6.07, 6.45) is 4.93. The molecular weight excluding hydrogens is 210 g/mol. The second-order valence-electron chi connectivity index (χ2n) is 6.83. The van der Waals surface area contributed by atoms with Crippen molar-refractivity contribution < 1.29 is 4.79 Å². The van der Waals surface area contributed by atoms with Gasteiger partial charge in [-0.1, -0.05) is 47.5 Å². The Bertz CT molecular complexity index is 244. The monoisotopic (exact) mass is 239 g/mol. The van der Waals surface area contributed by atoms with E-state index in [2.05, 4.69) is 39.5 Å². The van der Waals surface area contributed by atoms with Gasteiger partial charge in [-0.3, -0.25) is 4.79 Å². The first-order valence-corrected chi connectivity index (χ1v) is 7.13. The molecule has 0 radical (unpaired) electrons. The van der Waals surface area contributed by atoms with Gasteiger partial charge in [-0.2, -0.15) is 0 Å². The highest BCUT2D eigenvalue weighted by Crippen LogP contribution is 2.34. The summed E-state index contributed by atoms with van der Waals surface area (Å²) in [5.41, 5.74) is 0.0670. The van der Waals surface area contributed by atoms with E-state index >= 15 is 0 Å². The van der Waals surface area contributed by atoms with Crippen LogP contribution >= 0.6 is 0 Å². The van der Waals surface area contributed by atoms with Gasteiger partial charge in [-0.05, 0) is 24.2 Å². The molecule has 0 saturated carbocycles. The third-order valence-corrected chi connectivity index (χ3v) is 3.78. The van der Waals surface area contributed by atoms with Gasteiger partial charge in [0, 0.05) is 19.0 Å². The van der Waals surface area contributed by atoms with E-state index in [9.17, 15) is 4.79 Å². The van der Waals surface area contributed by atoms with Crippen LogP contribution in [0.3, 0.4) is 0 Å². The summed E-state index contributed by atoms with van der Waals surface area (Å²) in [5.74, 6) is 0.959. The highest BCUT2D eigenvalue weighted by Gasteiger charge is 2.36. The lowest BCUT2D eigenvalue weighted by molar-refractivity contribution is -0.141. The summed E-state index contributed by atoms with van der Waals surface area (Å²) in [6, 6.07) is 0. The molecule has 1 aliphatic heterocycles. The maximum Gasteiger partial charge on any atom is 0.226 e. The zero-order chi connectivity index (χ0) is 13.1. The number of hydrogen-bond donors (Lipinski definition) is 0. The van der Waals surface area contributed by atoms with E-state index in [1.165, 1.54) is 25.7 Å². The van der Waals surface area contributed by atoms with Gasteiger partial charge in [0.1, 0.15) is 0 Å². The Kier molecular flexibility index (Phi) is 5.03. The molecule has 0 aromatic heterocycles. The number of hydrogen-bond acceptors (Lipinski definition) is 1. The van der Waals surface area contributed by atoms with Crippen molar-refractivity contribution in [3.63, 3.8) is 0 Å². The van der Waals surface area contributed by atoms with Crippen molar-refractivity contribution in [2.24, 2.45) is 17.3 Å². The summed E-state index contributed by atoms with van der Waals surface area (Å²) in [4.78, 5) is 14.8. The topological polar surface area (TPSA) is 20.3 Å². The third kappa shape index (κ3) is 4.01. The van der Waals surface area contributed by atoms with Crippen molar-refractivity contribution in [1.82, 2.24) is 4.90 Å². The predicted octanol–water partition coefficient (Wildman–Crippen LogP) is 3.71. The molecule has 0 N–H and O–H groups in total. The highest BCUT2D eigenvalue weighted by molar-refractivity contribution is 5.79. The van der Waals surface area contributed by atoms with Gasteiger partial charge >= 0.3 is 0 Å². The van der Waals surface area contributed by atoms with Crippen LogP contribution < -0.4 is 0 Å². The first-order valence-electron chi connectivity index (χ1n) is 7.13. The smallest absolute Gasteiger partial charge is 0.226 e. The molecule has 1 unspecified atom stereocenters. The highest BCUT2D eigenvalue weighted by atomic mass is 16.2. The molecular formula is C15H29NO. The van der Waals surface area contributed by atoms with Gasteiger partial charge < -0.3 is 4.90 Å². The maximum atomic E-state index is 12.7. The van der Waals surface area contributed by atoms with E-state index < -0.39 is 0 Å². The standard InChI is InChI=1S/C15H29NO/c1-12(2)13(15(3,4)5)14(17)16-10-8-6-7-9-11-16/h12-13H,6-11H2,1-5H3. The predicted molar refractivity (Wildman–Crippen MR) is 72.8 cm³/mol. The van der Waals surface area contributed by atoms with E-state index in [4.69, 9.17) is 0 Å². The van der Waals surface area contributed by atoms with Crippen LogP contribution in [-0.2, 0) is 4.79 Å². The minimum atomic E-state index is 0.0670. The number of carbonyl (C=O) groups excluding carboxylic acids is 1. The van der Waals surface area contributed by atoms with E-state index in [-0.39, 0.29) is 11.3 Å². The molecule has 17 heavy (non-hydrogen) atoms. The van der Waals surface area contributed by atoms with Crippen molar-refractivity contribution in [1.29, 1.82) is 0 Å². The molecule has 1 fully saturated rings. The van der Waals surface area contributed by atoms with E-state index in [1.54, 1.807) is 0 Å². The number of likely N-dealkylation sites (tertiary alicyclic amines) is 1. The molecule has 0 bridgehead atoms. The lowest BCUT2D eigenvalue weighted by Crippen LogP contribution is -2.44. The Morgan fingerprint density at radius 1 is 1.00 bits per heavy atom. The van der Waals surface area contributed by atoms with Crippen LogP contribution in [0, 0.1) is 17.3 Å². The molecule has 1 heterocycles. The van der Waals surface area contributed by atoms with Gasteiger partial charge in [0.05, 0.1) is 0 Å². The summed E-state index contributed by atoms with van der Waals surface area (Å²) in [6.45, 7) is 12.8. The van der Waals surface area contributed by atoms with Gasteiger partial charge in [0.25, 0.3) is 0 Å². The average Bonchev–Trinajstić information content (AvgIpc) is 2.42. The van der Waals surface area contributed by atoms with E-state index in [0.29, 0.717) is 11.8 Å². The Hall–Kier alpha value is -0.530. The first kappa shape index (κ1) is 14.5. The van der Waals surface area contributed by atoms with Crippen LogP contribution in [0.1, 0.15) is 60.3 Å². The van der Waals surface area contributed by atoms with E-state index in [1.807, 2.05) is 0 Å². The molecule has 1 amide bonds. The molecule has 0 aromatic rings. The van der Waals surface area contributed by atoms with Crippen LogP contribution in [0.2, 0.25) is 0 Å². The largest absolute Gasteiger partial charge is 0.342 e. The summed E-state index contributed by atoms with van der Waals surface area (Å²) >= 11 is 0. The van der Waals surface area contributed by atoms with Crippen LogP contribution in [0.4, 0.5) is 0 Å². The van der Waals surface area contributed by atoms with Crippen molar-refractivity contribution in [2.75, 3.05) is 13.1 Å². The minimum absolute atomic E-state index is 0.0670. The molecule has 0 aliphatic carbocycles. The Morgan fingerprint density at radius 3 is 1.82 bits per heavy atom. The third-order valence-electron chi connectivity index (χ3n) is 3.78. The van der Waals surface area contributed by atoms with E-state index in [0.717, 1.165) is 13.1 Å². The summed E-state index contributed by atoms with van der Waals surface area (Å²) < 4.78 is 0. The number of carbonyl (C=O) groups is 1. The molecule has 2 nitrogen and oxygen atoms in total. The second-order valence-corrected chi connectivity index (χ2v) is 6.83. The lowest BCUT2D eigenvalue weighted by Gasteiger charge is -2.36. The second kappa shape index (κ2) is 5.88. The van der Waals surface area contributed by atoms with Crippen molar-refractivity contribution in [3.8, 4) is 0 Å². The van der Waals surface area contributed by atoms with Crippen LogP contribution in [0.15, 0.2) is 0 Å². The van der Waals surface area contributed by atoms with Gasteiger partial charge in [0.2, 0.25) is 5.91 Å². The fourth-order valence-electron chi connectivity index (χ4n) is 3.14. The van der Waals surface area contributed by atoms with Crippen LogP contribution in [-0.4, -0.2) is 23.9 Å². The molecule has 2 heteroatoms. The summed E-state index contributed by atoms with van der Waals surface area (Å²) in [7, 11) is 0. The van der Waals surface area contributed by atoms with Crippen molar-refractivity contribution >= 4 is 5.91 Å². The Balaban J connectivity index is 2.76. The summed E-state index contributed by atoms with van der Waals surface area (Å²) in [5, 5.41) is 0. The maximum absolute atomic E-state index is 12.7. The number of amides is 1. The van der Waals surface area contributed by atoms with Gasteiger partial charge in [-0.15, -0.1) is 0 Å². The lowest BCUT2D eigenvalue weighted by atomic mass is 9.73. The molecule has 1 saturated heterocycles. The van der Waals surface area contributed by atoms with Crippen molar-refractivity contribution in [3.05, 3.63) is 0 Å². The molecule has 1 aliphatic rings. The minimum Gasteiger partial charge on any atom is -0.342 e. The molecule has 0 spiro atoms. The SMILES string of the molecule is CC(C)C(C(=O)N1CCCCCC1)C(C)(C)C. The van der Waals surface area contributed by atoms with Crippen LogP contribution in [0.5, 0.6) is 0 Å². The van der Waals surface area contributed by atoms with Gasteiger partial charge in [0.15, 0.2) is 0 Å². The molecule has 0 aromatic carbocycles. The number of rotatable bonds is 2. The normalized spacial score (nSPS) is 20.2. The zero-order valence-corrected chi connectivity index (χ0v) is 12.3.